The second kappa shape index (κ2) is 7.13. The van der Waals surface area contributed by atoms with Gasteiger partial charge in [0.15, 0.2) is 0 Å². The van der Waals surface area contributed by atoms with E-state index in [1.807, 2.05) is 25.3 Å². The lowest BCUT2D eigenvalue weighted by Crippen LogP contribution is -2.31. The number of nitrogens with zero attached hydrogens (tertiary/aromatic N) is 4. The number of aryl methyl sites for hydroxylation is 2. The summed E-state index contributed by atoms with van der Waals surface area (Å²) < 4.78 is 6.86. The number of carbonyl (C=O) groups excluding carboxylic acids is 1. The van der Waals surface area contributed by atoms with Gasteiger partial charge in [0.25, 0.3) is 5.88 Å². The summed E-state index contributed by atoms with van der Waals surface area (Å²) in [6.45, 7) is 4.38. The van der Waals surface area contributed by atoms with E-state index in [4.69, 9.17) is 4.74 Å². The third kappa shape index (κ3) is 3.80. The molecule has 0 fully saturated rings. The van der Waals surface area contributed by atoms with E-state index in [2.05, 4.69) is 22.3 Å². The molecule has 0 atom stereocenters. The predicted molar refractivity (Wildman–Crippen MR) is 88.6 cm³/mol. The highest BCUT2D eigenvalue weighted by molar-refractivity contribution is 5.91. The second-order valence-electron chi connectivity index (χ2n) is 5.39. The molecule has 2 heterocycles. The van der Waals surface area contributed by atoms with E-state index in [9.17, 15) is 4.79 Å². The van der Waals surface area contributed by atoms with Crippen LogP contribution in [0.3, 0.4) is 0 Å². The van der Waals surface area contributed by atoms with Crippen molar-refractivity contribution in [1.82, 2.24) is 19.7 Å². The van der Waals surface area contributed by atoms with E-state index < -0.39 is 0 Å². The van der Waals surface area contributed by atoms with E-state index in [0.29, 0.717) is 18.1 Å². The van der Waals surface area contributed by atoms with Gasteiger partial charge < -0.3 is 15.0 Å². The number of carbonyl (C=O) groups is 1. The third-order valence-electron chi connectivity index (χ3n) is 3.77. The Hall–Kier alpha value is -2.57. The van der Waals surface area contributed by atoms with Crippen LogP contribution in [0.2, 0.25) is 0 Å². The number of hydrogen-bond donors (Lipinski definition) is 1. The van der Waals surface area contributed by atoms with Crippen molar-refractivity contribution in [2.24, 2.45) is 7.05 Å². The van der Waals surface area contributed by atoms with E-state index in [1.165, 1.54) is 12.7 Å². The lowest BCUT2D eigenvalue weighted by Gasteiger charge is -2.18. The Bertz CT molecular complexity index is 679. The zero-order chi connectivity index (χ0) is 17.0. The number of aromatic nitrogens is 3. The Balaban J connectivity index is 2.05. The molecular formula is C16H23N5O2. The molecule has 0 aliphatic heterocycles. The van der Waals surface area contributed by atoms with Crippen LogP contribution >= 0.6 is 0 Å². The summed E-state index contributed by atoms with van der Waals surface area (Å²) in [5.74, 6) is 0.400. The predicted octanol–water partition coefficient (Wildman–Crippen LogP) is 2.36. The standard InChI is InChI=1S/C16H23N5O2/c1-6-12-7-8-13(17-9-12)10-20(3)16(22)18-14-11(2)21(4)19-15(14)23-5/h7-9H,6,10H2,1-5H3,(H,18,22). The minimum absolute atomic E-state index is 0.235. The van der Waals surface area contributed by atoms with Crippen molar-refractivity contribution in [3.8, 4) is 5.88 Å². The minimum atomic E-state index is -0.235. The maximum Gasteiger partial charge on any atom is 0.322 e. The van der Waals surface area contributed by atoms with Gasteiger partial charge in [-0.15, -0.1) is 5.10 Å². The molecule has 0 unspecified atom stereocenters. The van der Waals surface area contributed by atoms with Gasteiger partial charge in [0.2, 0.25) is 0 Å². The Kier molecular flexibility index (Phi) is 5.20. The Morgan fingerprint density at radius 1 is 1.43 bits per heavy atom. The van der Waals surface area contributed by atoms with Gasteiger partial charge in [0.1, 0.15) is 5.69 Å². The number of nitrogens with one attached hydrogen (secondary N) is 1. The smallest absolute Gasteiger partial charge is 0.322 e. The molecule has 0 aromatic carbocycles. The van der Waals surface area contributed by atoms with Gasteiger partial charge in [-0.1, -0.05) is 13.0 Å². The van der Waals surface area contributed by atoms with Crippen molar-refractivity contribution in [2.45, 2.75) is 26.8 Å². The largest absolute Gasteiger partial charge is 0.478 e. The summed E-state index contributed by atoms with van der Waals surface area (Å²) in [6.07, 6.45) is 2.79. The van der Waals surface area contributed by atoms with Crippen molar-refractivity contribution < 1.29 is 9.53 Å². The van der Waals surface area contributed by atoms with Gasteiger partial charge in [0.05, 0.1) is 25.0 Å². The first-order valence-corrected chi connectivity index (χ1v) is 7.49. The molecule has 2 aromatic rings. The molecule has 0 bridgehead atoms. The number of pyridine rings is 1. The van der Waals surface area contributed by atoms with Crippen LogP contribution in [0.5, 0.6) is 5.88 Å². The normalized spacial score (nSPS) is 10.5. The van der Waals surface area contributed by atoms with E-state index >= 15 is 0 Å². The van der Waals surface area contributed by atoms with Crippen molar-refractivity contribution in [3.63, 3.8) is 0 Å². The molecule has 0 saturated carbocycles. The van der Waals surface area contributed by atoms with Crippen molar-refractivity contribution >= 4 is 11.7 Å². The van der Waals surface area contributed by atoms with Gasteiger partial charge in [-0.05, 0) is 25.0 Å². The second-order valence-corrected chi connectivity index (χ2v) is 5.39. The van der Waals surface area contributed by atoms with Crippen LogP contribution < -0.4 is 10.1 Å². The number of rotatable bonds is 5. The minimum Gasteiger partial charge on any atom is -0.478 e. The first kappa shape index (κ1) is 16.8. The third-order valence-corrected chi connectivity index (χ3v) is 3.77. The fourth-order valence-electron chi connectivity index (χ4n) is 2.14. The van der Waals surface area contributed by atoms with Gasteiger partial charge >= 0.3 is 6.03 Å². The highest BCUT2D eigenvalue weighted by Crippen LogP contribution is 2.26. The van der Waals surface area contributed by atoms with E-state index in [-0.39, 0.29) is 6.03 Å². The molecule has 0 saturated heterocycles. The highest BCUT2D eigenvalue weighted by atomic mass is 16.5. The zero-order valence-corrected chi connectivity index (χ0v) is 14.3. The number of ether oxygens (including phenoxy) is 1. The van der Waals surface area contributed by atoms with Crippen LogP contribution in [0, 0.1) is 6.92 Å². The number of methoxy groups -OCH3 is 1. The molecule has 2 aromatic heterocycles. The van der Waals surface area contributed by atoms with Gasteiger partial charge in [0, 0.05) is 20.3 Å². The van der Waals surface area contributed by atoms with E-state index in [1.54, 1.807) is 23.7 Å². The first-order chi connectivity index (χ1) is 11.0. The van der Waals surface area contributed by atoms with Gasteiger partial charge in [-0.3, -0.25) is 9.67 Å². The monoisotopic (exact) mass is 317 g/mol. The van der Waals surface area contributed by atoms with Crippen LogP contribution in [0.1, 0.15) is 23.9 Å². The van der Waals surface area contributed by atoms with Crippen LogP contribution in [-0.4, -0.2) is 39.9 Å². The first-order valence-electron chi connectivity index (χ1n) is 7.49. The van der Waals surface area contributed by atoms with Crippen LogP contribution in [-0.2, 0) is 20.0 Å². The van der Waals surface area contributed by atoms with Crippen molar-refractivity contribution in [1.29, 1.82) is 0 Å². The number of amides is 2. The molecule has 0 aliphatic rings. The summed E-state index contributed by atoms with van der Waals surface area (Å²) in [5, 5.41) is 7.04. The molecule has 0 radical (unpaired) electrons. The molecule has 7 nitrogen and oxygen atoms in total. The Morgan fingerprint density at radius 2 is 2.17 bits per heavy atom. The molecule has 1 N–H and O–H groups in total. The summed E-state index contributed by atoms with van der Waals surface area (Å²) in [5.41, 5.74) is 3.43. The molecule has 23 heavy (non-hydrogen) atoms. The summed E-state index contributed by atoms with van der Waals surface area (Å²) in [7, 11) is 5.06. The Morgan fingerprint density at radius 3 is 2.74 bits per heavy atom. The number of hydrogen-bond acceptors (Lipinski definition) is 4. The number of urea groups is 1. The quantitative estimate of drug-likeness (QED) is 0.919. The molecule has 7 heteroatoms. The number of anilines is 1. The lowest BCUT2D eigenvalue weighted by molar-refractivity contribution is 0.220. The van der Waals surface area contributed by atoms with Crippen molar-refractivity contribution in [2.75, 3.05) is 19.5 Å². The van der Waals surface area contributed by atoms with Crippen LogP contribution in [0.15, 0.2) is 18.3 Å². The molecule has 2 amide bonds. The average Bonchev–Trinajstić information content (AvgIpc) is 2.83. The van der Waals surface area contributed by atoms with Crippen LogP contribution in [0.25, 0.3) is 0 Å². The fourth-order valence-corrected chi connectivity index (χ4v) is 2.14. The van der Waals surface area contributed by atoms with Crippen LogP contribution in [0.4, 0.5) is 10.5 Å². The summed E-state index contributed by atoms with van der Waals surface area (Å²) in [6, 6.07) is 3.74. The van der Waals surface area contributed by atoms with E-state index in [0.717, 1.165) is 17.8 Å². The topological polar surface area (TPSA) is 72.3 Å². The SMILES string of the molecule is CCc1ccc(CN(C)C(=O)Nc2c(OC)nn(C)c2C)nc1. The highest BCUT2D eigenvalue weighted by Gasteiger charge is 2.18. The molecule has 2 rings (SSSR count). The molecule has 124 valence electrons. The van der Waals surface area contributed by atoms with Crippen molar-refractivity contribution in [3.05, 3.63) is 35.3 Å². The molecule has 0 aliphatic carbocycles. The summed E-state index contributed by atoms with van der Waals surface area (Å²) in [4.78, 5) is 18.3. The average molecular weight is 317 g/mol. The summed E-state index contributed by atoms with van der Waals surface area (Å²) >= 11 is 0. The van der Waals surface area contributed by atoms with Gasteiger partial charge in [-0.25, -0.2) is 4.79 Å². The lowest BCUT2D eigenvalue weighted by atomic mass is 10.2. The Labute approximate surface area is 136 Å². The fraction of sp³-hybridized carbons (Fsp3) is 0.438. The maximum absolute atomic E-state index is 12.4. The molecular weight excluding hydrogens is 294 g/mol. The zero-order valence-electron chi connectivity index (χ0n) is 14.3. The van der Waals surface area contributed by atoms with Gasteiger partial charge in [-0.2, -0.15) is 0 Å². The maximum atomic E-state index is 12.4. The molecule has 0 spiro atoms.